The molecule has 0 radical (unpaired) electrons. The highest BCUT2D eigenvalue weighted by Gasteiger charge is 2.12. The van der Waals surface area contributed by atoms with Crippen molar-refractivity contribution in [2.45, 2.75) is 39.3 Å². The summed E-state index contributed by atoms with van der Waals surface area (Å²) in [6.45, 7) is 4.32. The van der Waals surface area contributed by atoms with Gasteiger partial charge in [-0.25, -0.2) is 9.48 Å². The maximum atomic E-state index is 11.5. The molecule has 1 heterocycles. The zero-order chi connectivity index (χ0) is 14.3. The molecule has 0 aliphatic carbocycles. The number of hydrogen-bond acceptors (Lipinski definition) is 5. The van der Waals surface area contributed by atoms with Gasteiger partial charge >= 0.3 is 6.03 Å². The van der Waals surface area contributed by atoms with Crippen LogP contribution in [0.4, 0.5) is 4.79 Å². The molecule has 1 unspecified atom stereocenters. The van der Waals surface area contributed by atoms with Crippen LogP contribution in [0.3, 0.4) is 0 Å². The van der Waals surface area contributed by atoms with Crippen LogP contribution in [0.5, 0.6) is 0 Å². The fourth-order valence-corrected chi connectivity index (χ4v) is 1.37. The molecule has 8 nitrogen and oxygen atoms in total. The fourth-order valence-electron chi connectivity index (χ4n) is 1.37. The molecule has 0 saturated heterocycles. The third kappa shape index (κ3) is 5.04. The SMILES string of the molecule is CCCNC(=O)NC(=O)Cn1cc(C(N)CC)nn1. The van der Waals surface area contributed by atoms with E-state index in [4.69, 9.17) is 5.73 Å². The smallest absolute Gasteiger partial charge is 0.321 e. The Morgan fingerprint density at radius 1 is 1.47 bits per heavy atom. The molecule has 0 bridgehead atoms. The highest BCUT2D eigenvalue weighted by Crippen LogP contribution is 2.08. The van der Waals surface area contributed by atoms with E-state index < -0.39 is 11.9 Å². The van der Waals surface area contributed by atoms with Gasteiger partial charge < -0.3 is 11.1 Å². The van der Waals surface area contributed by atoms with E-state index in [-0.39, 0.29) is 12.6 Å². The molecule has 1 aromatic heterocycles. The Morgan fingerprint density at radius 2 is 2.21 bits per heavy atom. The predicted octanol–water partition coefficient (Wildman–Crippen LogP) is -0.0763. The van der Waals surface area contributed by atoms with Crippen molar-refractivity contribution < 1.29 is 9.59 Å². The third-order valence-electron chi connectivity index (χ3n) is 2.47. The normalized spacial score (nSPS) is 11.9. The lowest BCUT2D eigenvalue weighted by Gasteiger charge is -2.05. The summed E-state index contributed by atoms with van der Waals surface area (Å²) in [6, 6.07) is -0.692. The van der Waals surface area contributed by atoms with E-state index >= 15 is 0 Å². The van der Waals surface area contributed by atoms with Crippen molar-refractivity contribution in [3.63, 3.8) is 0 Å². The van der Waals surface area contributed by atoms with Crippen LogP contribution in [0.2, 0.25) is 0 Å². The van der Waals surface area contributed by atoms with E-state index in [0.717, 1.165) is 12.8 Å². The Hall–Kier alpha value is -1.96. The van der Waals surface area contributed by atoms with Gasteiger partial charge in [0.1, 0.15) is 6.54 Å². The highest BCUT2D eigenvalue weighted by atomic mass is 16.2. The van der Waals surface area contributed by atoms with Crippen molar-refractivity contribution in [2.24, 2.45) is 5.73 Å². The number of carbonyl (C=O) groups excluding carboxylic acids is 2. The average molecular weight is 268 g/mol. The molecule has 0 fully saturated rings. The molecular formula is C11H20N6O2. The molecule has 1 atom stereocenters. The Morgan fingerprint density at radius 3 is 2.84 bits per heavy atom. The molecule has 106 valence electrons. The van der Waals surface area contributed by atoms with Crippen molar-refractivity contribution in [3.05, 3.63) is 11.9 Å². The van der Waals surface area contributed by atoms with Crippen LogP contribution in [-0.4, -0.2) is 33.5 Å². The minimum Gasteiger partial charge on any atom is -0.338 e. The minimum absolute atomic E-state index is 0.0665. The van der Waals surface area contributed by atoms with Crippen molar-refractivity contribution >= 4 is 11.9 Å². The molecule has 0 aromatic carbocycles. The van der Waals surface area contributed by atoms with Crippen LogP contribution < -0.4 is 16.4 Å². The largest absolute Gasteiger partial charge is 0.338 e. The van der Waals surface area contributed by atoms with Gasteiger partial charge in [-0.15, -0.1) is 5.10 Å². The third-order valence-corrected chi connectivity index (χ3v) is 2.47. The summed E-state index contributed by atoms with van der Waals surface area (Å²) in [5, 5.41) is 12.4. The summed E-state index contributed by atoms with van der Waals surface area (Å²) in [6.07, 6.45) is 3.16. The average Bonchev–Trinajstić information content (AvgIpc) is 2.83. The number of aromatic nitrogens is 3. The van der Waals surface area contributed by atoms with Gasteiger partial charge in [0.2, 0.25) is 5.91 Å². The number of rotatable bonds is 6. The summed E-state index contributed by atoms with van der Waals surface area (Å²) in [5.41, 5.74) is 6.42. The lowest BCUT2D eigenvalue weighted by molar-refractivity contribution is -0.120. The van der Waals surface area contributed by atoms with Gasteiger partial charge in [0, 0.05) is 6.54 Å². The number of carbonyl (C=O) groups is 2. The van der Waals surface area contributed by atoms with Crippen molar-refractivity contribution in [1.82, 2.24) is 25.6 Å². The van der Waals surface area contributed by atoms with Gasteiger partial charge in [0.25, 0.3) is 0 Å². The Kier molecular flexibility index (Phi) is 5.94. The molecule has 19 heavy (non-hydrogen) atoms. The first kappa shape index (κ1) is 15.1. The maximum absolute atomic E-state index is 11.5. The fraction of sp³-hybridized carbons (Fsp3) is 0.636. The maximum Gasteiger partial charge on any atom is 0.321 e. The zero-order valence-electron chi connectivity index (χ0n) is 11.2. The zero-order valence-corrected chi connectivity index (χ0v) is 11.2. The van der Waals surface area contributed by atoms with E-state index in [0.29, 0.717) is 12.2 Å². The van der Waals surface area contributed by atoms with E-state index in [1.54, 1.807) is 6.20 Å². The van der Waals surface area contributed by atoms with Crippen LogP contribution in [-0.2, 0) is 11.3 Å². The molecular weight excluding hydrogens is 248 g/mol. The number of nitrogens with zero attached hydrogens (tertiary/aromatic N) is 3. The van der Waals surface area contributed by atoms with Gasteiger partial charge in [0.15, 0.2) is 0 Å². The standard InChI is InChI=1S/C11H20N6O2/c1-3-5-13-11(19)14-10(18)7-17-6-9(15-16-17)8(12)4-2/h6,8H,3-5,7,12H2,1-2H3,(H2,13,14,18,19). The van der Waals surface area contributed by atoms with Gasteiger partial charge in [-0.05, 0) is 12.8 Å². The molecule has 1 rings (SSSR count). The van der Waals surface area contributed by atoms with Crippen LogP contribution in [0.25, 0.3) is 0 Å². The first-order valence-corrected chi connectivity index (χ1v) is 6.30. The van der Waals surface area contributed by atoms with Crippen LogP contribution in [0, 0.1) is 0 Å². The van der Waals surface area contributed by atoms with E-state index in [1.807, 2.05) is 13.8 Å². The van der Waals surface area contributed by atoms with Crippen LogP contribution >= 0.6 is 0 Å². The quantitative estimate of drug-likeness (QED) is 0.667. The first-order valence-electron chi connectivity index (χ1n) is 6.30. The molecule has 0 aliphatic rings. The molecule has 8 heteroatoms. The van der Waals surface area contributed by atoms with Crippen molar-refractivity contribution in [1.29, 1.82) is 0 Å². The predicted molar refractivity (Wildman–Crippen MR) is 69.1 cm³/mol. The molecule has 3 amide bonds. The molecule has 0 saturated carbocycles. The number of imide groups is 1. The number of nitrogens with one attached hydrogen (secondary N) is 2. The van der Waals surface area contributed by atoms with Crippen LogP contribution in [0.15, 0.2) is 6.20 Å². The number of nitrogens with two attached hydrogens (primary N) is 1. The van der Waals surface area contributed by atoms with E-state index in [9.17, 15) is 9.59 Å². The minimum atomic E-state index is -0.502. The highest BCUT2D eigenvalue weighted by molar-refractivity contribution is 5.94. The van der Waals surface area contributed by atoms with Crippen LogP contribution in [0.1, 0.15) is 38.4 Å². The lowest BCUT2D eigenvalue weighted by Crippen LogP contribution is -2.41. The molecule has 1 aromatic rings. The number of hydrogen-bond donors (Lipinski definition) is 3. The van der Waals surface area contributed by atoms with Gasteiger partial charge in [-0.1, -0.05) is 19.1 Å². The monoisotopic (exact) mass is 268 g/mol. The summed E-state index contributed by atoms with van der Waals surface area (Å²) < 4.78 is 1.35. The lowest BCUT2D eigenvalue weighted by atomic mass is 10.2. The second kappa shape index (κ2) is 7.47. The van der Waals surface area contributed by atoms with Crippen molar-refractivity contribution in [3.8, 4) is 0 Å². The molecule has 0 aliphatic heterocycles. The second-order valence-electron chi connectivity index (χ2n) is 4.16. The number of amides is 3. The van der Waals surface area contributed by atoms with Gasteiger partial charge in [-0.3, -0.25) is 10.1 Å². The van der Waals surface area contributed by atoms with Crippen molar-refractivity contribution in [2.75, 3.05) is 6.54 Å². The van der Waals surface area contributed by atoms with E-state index in [1.165, 1.54) is 4.68 Å². The summed E-state index contributed by atoms with van der Waals surface area (Å²) in [7, 11) is 0. The molecule has 4 N–H and O–H groups in total. The Labute approximate surface area is 111 Å². The summed E-state index contributed by atoms with van der Waals surface area (Å²) in [5.74, 6) is -0.449. The Balaban J connectivity index is 2.44. The summed E-state index contributed by atoms with van der Waals surface area (Å²) in [4.78, 5) is 22.8. The summed E-state index contributed by atoms with van der Waals surface area (Å²) >= 11 is 0. The molecule has 0 spiro atoms. The number of urea groups is 1. The topological polar surface area (TPSA) is 115 Å². The Bertz CT molecular complexity index is 431. The second-order valence-corrected chi connectivity index (χ2v) is 4.16. The first-order chi connectivity index (χ1) is 9.06. The van der Waals surface area contributed by atoms with Gasteiger partial charge in [-0.2, -0.15) is 0 Å². The van der Waals surface area contributed by atoms with Gasteiger partial charge in [0.05, 0.1) is 17.9 Å². The van der Waals surface area contributed by atoms with E-state index in [2.05, 4.69) is 20.9 Å².